The number of hydrogen-bond donors (Lipinski definition) is 1. The van der Waals surface area contributed by atoms with E-state index in [-0.39, 0.29) is 24.0 Å². The molecule has 1 heterocycles. The molecule has 0 aliphatic rings. The van der Waals surface area contributed by atoms with E-state index in [1.807, 2.05) is 18.5 Å². The van der Waals surface area contributed by atoms with Crippen molar-refractivity contribution in [3.05, 3.63) is 41.5 Å². The lowest BCUT2D eigenvalue weighted by Crippen LogP contribution is -2.39. The highest BCUT2D eigenvalue weighted by atomic mass is 127. The predicted molar refractivity (Wildman–Crippen MR) is 127 cm³/mol. The first-order valence-electron chi connectivity index (χ1n) is 9.53. The Bertz CT molecular complexity index is 755. The number of benzene rings is 1. The van der Waals surface area contributed by atoms with Crippen LogP contribution in [-0.4, -0.2) is 53.3 Å². The third kappa shape index (κ3) is 6.96. The van der Waals surface area contributed by atoms with E-state index < -0.39 is 0 Å². The summed E-state index contributed by atoms with van der Waals surface area (Å²) in [5, 5.41) is 11.8. The summed E-state index contributed by atoms with van der Waals surface area (Å²) >= 11 is 0. The molecule has 156 valence electrons. The second-order valence-corrected chi connectivity index (χ2v) is 7.06. The third-order valence-electron chi connectivity index (χ3n) is 4.57. The van der Waals surface area contributed by atoms with Gasteiger partial charge in [-0.2, -0.15) is 0 Å². The molecule has 0 bridgehead atoms. The van der Waals surface area contributed by atoms with Gasteiger partial charge in [0.1, 0.15) is 12.4 Å². The third-order valence-corrected chi connectivity index (χ3v) is 4.57. The van der Waals surface area contributed by atoms with Crippen LogP contribution in [-0.2, 0) is 20.1 Å². The number of rotatable bonds is 8. The molecule has 28 heavy (non-hydrogen) atoms. The lowest BCUT2D eigenvalue weighted by molar-refractivity contribution is 0.472. The summed E-state index contributed by atoms with van der Waals surface area (Å²) < 4.78 is 1.98. The minimum absolute atomic E-state index is 0. The van der Waals surface area contributed by atoms with E-state index in [4.69, 9.17) is 4.99 Å². The van der Waals surface area contributed by atoms with Gasteiger partial charge in [0.25, 0.3) is 0 Å². The van der Waals surface area contributed by atoms with Crippen molar-refractivity contribution >= 4 is 35.6 Å². The molecule has 8 heteroatoms. The zero-order chi connectivity index (χ0) is 19.8. The number of aromatic nitrogens is 3. The number of nitrogens with one attached hydrogen (secondary N) is 1. The van der Waals surface area contributed by atoms with Gasteiger partial charge in [0.2, 0.25) is 0 Å². The lowest BCUT2D eigenvalue weighted by Gasteiger charge is -2.23. The summed E-state index contributed by atoms with van der Waals surface area (Å²) in [7, 11) is 8.17. The fourth-order valence-electron chi connectivity index (χ4n) is 2.70. The van der Waals surface area contributed by atoms with Crippen molar-refractivity contribution in [3.8, 4) is 0 Å². The van der Waals surface area contributed by atoms with Gasteiger partial charge in [-0.05, 0) is 31.0 Å². The second-order valence-electron chi connectivity index (χ2n) is 7.06. The summed E-state index contributed by atoms with van der Waals surface area (Å²) in [6.07, 6.45) is 2.27. The molecule has 0 saturated heterocycles. The van der Waals surface area contributed by atoms with Crippen molar-refractivity contribution < 1.29 is 0 Å². The summed E-state index contributed by atoms with van der Waals surface area (Å²) in [4.78, 5) is 9.07. The van der Waals surface area contributed by atoms with Gasteiger partial charge in [-0.25, -0.2) is 4.99 Å². The average Bonchev–Trinajstić information content (AvgIpc) is 2.96. The molecular weight excluding hydrogens is 465 g/mol. The fraction of sp³-hybridized carbons (Fsp3) is 0.550. The summed E-state index contributed by atoms with van der Waals surface area (Å²) in [5.74, 6) is 2.65. The minimum atomic E-state index is 0. The first-order valence-corrected chi connectivity index (χ1v) is 9.53. The molecule has 1 aromatic heterocycles. The molecule has 0 aliphatic heterocycles. The molecule has 1 aromatic carbocycles. The number of hydrogen-bond acceptors (Lipinski definition) is 4. The quantitative estimate of drug-likeness (QED) is 0.262. The van der Waals surface area contributed by atoms with Crippen molar-refractivity contribution in [2.75, 3.05) is 32.6 Å². The molecule has 0 saturated carbocycles. The van der Waals surface area contributed by atoms with E-state index >= 15 is 0 Å². The van der Waals surface area contributed by atoms with E-state index in [1.54, 1.807) is 0 Å². The number of guanidine groups is 1. The predicted octanol–water partition coefficient (Wildman–Crippen LogP) is 3.19. The highest BCUT2D eigenvalue weighted by molar-refractivity contribution is 14.0. The van der Waals surface area contributed by atoms with E-state index in [9.17, 15) is 0 Å². The maximum atomic E-state index is 4.79. The fourth-order valence-corrected chi connectivity index (χ4v) is 2.70. The Kier molecular flexibility index (Phi) is 10.3. The van der Waals surface area contributed by atoms with Crippen LogP contribution >= 0.6 is 24.0 Å². The monoisotopic (exact) mass is 499 g/mol. The molecule has 2 aromatic rings. The van der Waals surface area contributed by atoms with Gasteiger partial charge < -0.3 is 19.7 Å². The van der Waals surface area contributed by atoms with Crippen LogP contribution in [0.5, 0.6) is 0 Å². The van der Waals surface area contributed by atoms with E-state index in [0.717, 1.165) is 43.5 Å². The van der Waals surface area contributed by atoms with E-state index in [2.05, 4.69) is 77.6 Å². The molecule has 2 rings (SSSR count). The average molecular weight is 499 g/mol. The van der Waals surface area contributed by atoms with Crippen molar-refractivity contribution in [3.63, 3.8) is 0 Å². The van der Waals surface area contributed by atoms with E-state index in [0.29, 0.717) is 6.54 Å². The maximum absolute atomic E-state index is 4.79. The molecule has 0 unspecified atom stereocenters. The molecule has 0 amide bonds. The van der Waals surface area contributed by atoms with Crippen LogP contribution in [0, 0.1) is 6.92 Å². The number of halogens is 1. The normalized spacial score (nSPS) is 11.1. The number of unbranched alkanes of at least 4 members (excludes halogenated alkanes) is 1. The Labute approximate surface area is 186 Å². The van der Waals surface area contributed by atoms with Gasteiger partial charge in [-0.1, -0.05) is 25.5 Å². The lowest BCUT2D eigenvalue weighted by atomic mass is 10.2. The van der Waals surface area contributed by atoms with Crippen LogP contribution in [0.1, 0.15) is 37.0 Å². The van der Waals surface area contributed by atoms with Gasteiger partial charge in [0.15, 0.2) is 11.8 Å². The van der Waals surface area contributed by atoms with Gasteiger partial charge in [-0.15, -0.1) is 34.2 Å². The standard InChI is InChI=1S/C20H33N7.HI/c1-7-8-12-21-20(22-14-19-24-23-16(2)27(19)6)26(5)15-17-10-9-11-18(13-17)25(3)4;/h9-11,13H,7-8,12,14-15H2,1-6H3,(H,21,22);1H. The zero-order valence-electron chi connectivity index (χ0n) is 17.9. The van der Waals surface area contributed by atoms with Crippen LogP contribution < -0.4 is 10.2 Å². The van der Waals surface area contributed by atoms with Gasteiger partial charge >= 0.3 is 0 Å². The van der Waals surface area contributed by atoms with Gasteiger partial charge in [-0.3, -0.25) is 0 Å². The largest absolute Gasteiger partial charge is 0.378 e. The molecule has 0 spiro atoms. The first kappa shape index (κ1) is 24.2. The number of aryl methyl sites for hydroxylation is 1. The zero-order valence-corrected chi connectivity index (χ0v) is 20.3. The minimum Gasteiger partial charge on any atom is -0.378 e. The van der Waals surface area contributed by atoms with Crippen LogP contribution in [0.2, 0.25) is 0 Å². The second kappa shape index (κ2) is 11.9. The topological polar surface area (TPSA) is 61.6 Å². The highest BCUT2D eigenvalue weighted by Gasteiger charge is 2.10. The van der Waals surface area contributed by atoms with Crippen molar-refractivity contribution in [2.45, 2.75) is 39.8 Å². The van der Waals surface area contributed by atoms with Gasteiger partial charge in [0, 0.05) is 47.0 Å². The Morgan fingerprint density at radius 3 is 2.57 bits per heavy atom. The summed E-state index contributed by atoms with van der Waals surface area (Å²) in [6, 6.07) is 8.59. The van der Waals surface area contributed by atoms with E-state index in [1.165, 1.54) is 11.3 Å². The molecule has 7 nitrogen and oxygen atoms in total. The summed E-state index contributed by atoms with van der Waals surface area (Å²) in [6.45, 7) is 6.35. The first-order chi connectivity index (χ1) is 12.9. The van der Waals surface area contributed by atoms with Crippen LogP contribution in [0.4, 0.5) is 5.69 Å². The van der Waals surface area contributed by atoms with Crippen molar-refractivity contribution in [1.82, 2.24) is 25.0 Å². The van der Waals surface area contributed by atoms with Crippen molar-refractivity contribution in [2.24, 2.45) is 12.0 Å². The molecule has 0 radical (unpaired) electrons. The molecular formula is C20H34IN7. The molecule has 0 fully saturated rings. The molecule has 0 aliphatic carbocycles. The SMILES string of the molecule is CCCCNC(=NCc1nnc(C)n1C)N(C)Cc1cccc(N(C)C)c1.I. The van der Waals surface area contributed by atoms with Crippen molar-refractivity contribution in [1.29, 1.82) is 0 Å². The maximum Gasteiger partial charge on any atom is 0.194 e. The smallest absolute Gasteiger partial charge is 0.194 e. The number of aliphatic imine (C=N–C) groups is 1. The summed E-state index contributed by atoms with van der Waals surface area (Å²) in [5.41, 5.74) is 2.45. The van der Waals surface area contributed by atoms with Gasteiger partial charge in [0.05, 0.1) is 0 Å². The number of anilines is 1. The van der Waals surface area contributed by atoms with Crippen LogP contribution in [0.3, 0.4) is 0 Å². The van der Waals surface area contributed by atoms with Crippen LogP contribution in [0.25, 0.3) is 0 Å². The number of nitrogens with zero attached hydrogens (tertiary/aromatic N) is 6. The highest BCUT2D eigenvalue weighted by Crippen LogP contribution is 2.14. The Hall–Kier alpha value is -1.84. The Morgan fingerprint density at radius 1 is 1.21 bits per heavy atom. The Morgan fingerprint density at radius 2 is 1.96 bits per heavy atom. The Balaban J connectivity index is 0.00000392. The van der Waals surface area contributed by atoms with Crippen LogP contribution in [0.15, 0.2) is 29.3 Å². The molecule has 0 atom stereocenters. The molecule has 1 N–H and O–H groups in total.